The lowest BCUT2D eigenvalue weighted by Crippen LogP contribution is -2.39. The van der Waals surface area contributed by atoms with Crippen LogP contribution in [0.1, 0.15) is 40.1 Å². The molecule has 7 heteroatoms. The van der Waals surface area contributed by atoms with Crippen LogP contribution in [0.5, 0.6) is 0 Å². The lowest BCUT2D eigenvalue weighted by Gasteiger charge is -2.33. The summed E-state index contributed by atoms with van der Waals surface area (Å²) in [5.41, 5.74) is 4.06. The minimum absolute atomic E-state index is 0.143. The molecular formula is C22H20ClF2N3O. The molecule has 0 unspecified atom stereocenters. The van der Waals surface area contributed by atoms with Gasteiger partial charge in [-0.25, -0.2) is 8.78 Å². The van der Waals surface area contributed by atoms with Crippen LogP contribution in [0.2, 0.25) is 5.02 Å². The zero-order chi connectivity index (χ0) is 20.9. The van der Waals surface area contributed by atoms with E-state index >= 15 is 0 Å². The average Bonchev–Trinajstić information content (AvgIpc) is 2.98. The molecule has 0 radical (unpaired) electrons. The molecule has 0 spiro atoms. The molecule has 0 N–H and O–H groups in total. The smallest absolute Gasteiger partial charge is 0.256 e. The molecule has 0 aliphatic carbocycles. The normalized spacial score (nSPS) is 16.1. The van der Waals surface area contributed by atoms with E-state index < -0.39 is 11.6 Å². The Labute approximate surface area is 172 Å². The van der Waals surface area contributed by atoms with E-state index in [-0.39, 0.29) is 11.9 Å². The van der Waals surface area contributed by atoms with Crippen molar-refractivity contribution in [1.29, 1.82) is 0 Å². The van der Waals surface area contributed by atoms with Gasteiger partial charge in [-0.2, -0.15) is 5.10 Å². The minimum Gasteiger partial charge on any atom is -0.330 e. The fourth-order valence-corrected chi connectivity index (χ4v) is 4.42. The molecule has 0 saturated carbocycles. The van der Waals surface area contributed by atoms with Crippen LogP contribution in [-0.4, -0.2) is 27.1 Å². The van der Waals surface area contributed by atoms with Gasteiger partial charge in [-0.1, -0.05) is 23.7 Å². The molecule has 1 aliphatic rings. The Balaban J connectivity index is 1.74. The third kappa shape index (κ3) is 3.31. The fraction of sp³-hybridized carbons (Fsp3) is 0.273. The van der Waals surface area contributed by atoms with Crippen molar-refractivity contribution in [3.63, 3.8) is 0 Å². The van der Waals surface area contributed by atoms with Gasteiger partial charge in [0.2, 0.25) is 0 Å². The highest BCUT2D eigenvalue weighted by molar-refractivity contribution is 6.34. The zero-order valence-electron chi connectivity index (χ0n) is 16.3. The molecule has 0 saturated heterocycles. The van der Waals surface area contributed by atoms with Gasteiger partial charge in [-0.05, 0) is 44.0 Å². The van der Waals surface area contributed by atoms with Crippen LogP contribution >= 0.6 is 11.6 Å². The number of aromatic nitrogens is 2. The van der Waals surface area contributed by atoms with Gasteiger partial charge in [0.25, 0.3) is 5.91 Å². The molecule has 1 aromatic heterocycles. The SMILES string of the molecule is Cc1cccc(Cl)c1C(=O)N1CCc2c(nn(C)c2-c2cc(F)cc(F)c2)[C@@H]1C. The Kier molecular flexibility index (Phi) is 4.90. The van der Waals surface area contributed by atoms with E-state index in [1.54, 1.807) is 22.7 Å². The topological polar surface area (TPSA) is 38.1 Å². The predicted octanol–water partition coefficient (Wildman–Crippen LogP) is 5.09. The number of benzene rings is 2. The highest BCUT2D eigenvalue weighted by atomic mass is 35.5. The molecule has 1 aliphatic heterocycles. The van der Waals surface area contributed by atoms with Crippen LogP contribution in [0.15, 0.2) is 36.4 Å². The Bertz CT molecular complexity index is 1080. The second kappa shape index (κ2) is 7.26. The first-order valence-corrected chi connectivity index (χ1v) is 9.74. The number of carbonyl (C=O) groups is 1. The molecule has 1 amide bonds. The number of halogens is 3. The van der Waals surface area contributed by atoms with Crippen LogP contribution in [0.25, 0.3) is 11.3 Å². The number of nitrogens with zero attached hydrogens (tertiary/aromatic N) is 3. The van der Waals surface area contributed by atoms with E-state index in [0.29, 0.717) is 34.8 Å². The number of aryl methyl sites for hydroxylation is 2. The maximum Gasteiger partial charge on any atom is 0.256 e. The Morgan fingerprint density at radius 2 is 1.90 bits per heavy atom. The van der Waals surface area contributed by atoms with Crippen molar-refractivity contribution in [3.05, 3.63) is 75.4 Å². The second-order valence-corrected chi connectivity index (χ2v) is 7.76. The molecule has 1 atom stereocenters. The Morgan fingerprint density at radius 3 is 2.55 bits per heavy atom. The van der Waals surface area contributed by atoms with E-state index in [4.69, 9.17) is 11.6 Å². The van der Waals surface area contributed by atoms with Crippen molar-refractivity contribution in [2.75, 3.05) is 6.54 Å². The molecule has 2 heterocycles. The van der Waals surface area contributed by atoms with E-state index in [2.05, 4.69) is 5.10 Å². The number of amides is 1. The quantitative estimate of drug-likeness (QED) is 0.585. The Morgan fingerprint density at radius 1 is 1.21 bits per heavy atom. The van der Waals surface area contributed by atoms with Crippen molar-refractivity contribution >= 4 is 17.5 Å². The largest absolute Gasteiger partial charge is 0.330 e. The summed E-state index contributed by atoms with van der Waals surface area (Å²) in [5, 5.41) is 5.01. The molecule has 3 aromatic rings. The minimum atomic E-state index is -0.634. The first kappa shape index (κ1) is 19.6. The molecular weight excluding hydrogens is 396 g/mol. The number of rotatable bonds is 2. The van der Waals surface area contributed by atoms with Crippen molar-refractivity contribution in [2.45, 2.75) is 26.3 Å². The standard InChI is InChI=1S/C22H20ClF2N3O/c1-12-5-4-6-18(23)19(12)22(29)28-8-7-17-20(13(28)2)26-27(3)21(17)14-9-15(24)11-16(25)10-14/h4-6,9-11,13H,7-8H2,1-3H3/t13-/m0/s1. The molecule has 150 valence electrons. The summed E-state index contributed by atoms with van der Waals surface area (Å²) < 4.78 is 29.1. The lowest BCUT2D eigenvalue weighted by molar-refractivity contribution is 0.0673. The van der Waals surface area contributed by atoms with Gasteiger partial charge in [0.1, 0.15) is 11.6 Å². The van der Waals surface area contributed by atoms with Gasteiger partial charge in [-0.3, -0.25) is 9.48 Å². The molecule has 0 fully saturated rings. The Hall–Kier alpha value is -2.73. The summed E-state index contributed by atoms with van der Waals surface area (Å²) in [7, 11) is 1.74. The molecule has 4 rings (SSSR count). The maximum absolute atomic E-state index is 13.8. The summed E-state index contributed by atoms with van der Waals surface area (Å²) in [6.45, 7) is 4.23. The van der Waals surface area contributed by atoms with Crippen molar-refractivity contribution < 1.29 is 13.6 Å². The highest BCUT2D eigenvalue weighted by Crippen LogP contribution is 2.37. The summed E-state index contributed by atoms with van der Waals surface area (Å²) in [6, 6.07) is 8.54. The van der Waals surface area contributed by atoms with E-state index in [1.807, 2.05) is 26.0 Å². The average molecular weight is 416 g/mol. The first-order valence-electron chi connectivity index (χ1n) is 9.36. The lowest BCUT2D eigenvalue weighted by atomic mass is 9.94. The molecule has 2 aromatic carbocycles. The van der Waals surface area contributed by atoms with Gasteiger partial charge in [0.05, 0.1) is 28.0 Å². The predicted molar refractivity (Wildman–Crippen MR) is 108 cm³/mol. The molecule has 4 nitrogen and oxygen atoms in total. The maximum atomic E-state index is 13.8. The summed E-state index contributed by atoms with van der Waals surface area (Å²) in [4.78, 5) is 15.0. The van der Waals surface area contributed by atoms with Gasteiger partial charge < -0.3 is 4.90 Å². The van der Waals surface area contributed by atoms with Gasteiger partial charge in [0, 0.05) is 30.8 Å². The summed E-state index contributed by atoms with van der Waals surface area (Å²) in [5.74, 6) is -1.41. The van der Waals surface area contributed by atoms with E-state index in [1.165, 1.54) is 12.1 Å². The highest BCUT2D eigenvalue weighted by Gasteiger charge is 2.34. The van der Waals surface area contributed by atoms with Gasteiger partial charge in [-0.15, -0.1) is 0 Å². The molecule has 0 bridgehead atoms. The van der Waals surface area contributed by atoms with Crippen LogP contribution in [0.3, 0.4) is 0 Å². The van der Waals surface area contributed by atoms with Crippen LogP contribution in [0, 0.1) is 18.6 Å². The van der Waals surface area contributed by atoms with E-state index in [0.717, 1.165) is 22.9 Å². The van der Waals surface area contributed by atoms with Crippen molar-refractivity contribution in [1.82, 2.24) is 14.7 Å². The number of hydrogen-bond donors (Lipinski definition) is 0. The number of fused-ring (bicyclic) bond motifs is 1. The van der Waals surface area contributed by atoms with Crippen molar-refractivity contribution in [2.24, 2.45) is 7.05 Å². The third-order valence-electron chi connectivity index (χ3n) is 5.47. The van der Waals surface area contributed by atoms with Crippen LogP contribution in [0.4, 0.5) is 8.78 Å². The number of hydrogen-bond acceptors (Lipinski definition) is 2. The molecule has 29 heavy (non-hydrogen) atoms. The third-order valence-corrected chi connectivity index (χ3v) is 5.79. The van der Waals surface area contributed by atoms with Gasteiger partial charge in [0.15, 0.2) is 0 Å². The van der Waals surface area contributed by atoms with Gasteiger partial charge >= 0.3 is 0 Å². The first-order chi connectivity index (χ1) is 13.8. The zero-order valence-corrected chi connectivity index (χ0v) is 17.1. The van der Waals surface area contributed by atoms with Crippen molar-refractivity contribution in [3.8, 4) is 11.3 Å². The summed E-state index contributed by atoms with van der Waals surface area (Å²) >= 11 is 6.29. The van der Waals surface area contributed by atoms with E-state index in [9.17, 15) is 13.6 Å². The monoisotopic (exact) mass is 415 g/mol. The second-order valence-electron chi connectivity index (χ2n) is 7.35. The van der Waals surface area contributed by atoms with Crippen LogP contribution < -0.4 is 0 Å². The van der Waals surface area contributed by atoms with Crippen LogP contribution in [-0.2, 0) is 13.5 Å². The number of carbonyl (C=O) groups excluding carboxylic acids is 1. The summed E-state index contributed by atoms with van der Waals surface area (Å²) in [6.07, 6.45) is 0.538. The fourth-order valence-electron chi connectivity index (χ4n) is 4.12.